The van der Waals surface area contributed by atoms with E-state index in [0.717, 1.165) is 34.7 Å². The normalized spacial score (nSPS) is 24.9. The van der Waals surface area contributed by atoms with Crippen molar-refractivity contribution in [2.75, 3.05) is 13.1 Å². The number of rotatable bonds is 3. The van der Waals surface area contributed by atoms with Gasteiger partial charge in [-0.3, -0.25) is 0 Å². The molecule has 2 rings (SSSR count). The molecule has 0 amide bonds. The molecule has 2 N–H and O–H groups in total. The molecule has 1 aromatic carbocycles. The predicted octanol–water partition coefficient (Wildman–Crippen LogP) is 2.94. The monoisotopic (exact) mass is 302 g/mol. The third-order valence-electron chi connectivity index (χ3n) is 3.09. The minimum absolute atomic E-state index is 0.205. The van der Waals surface area contributed by atoms with Crippen LogP contribution in [0.4, 0.5) is 0 Å². The van der Waals surface area contributed by atoms with E-state index in [9.17, 15) is 0 Å². The van der Waals surface area contributed by atoms with Crippen LogP contribution in [0.25, 0.3) is 0 Å². The molecule has 1 atom stereocenters. The fourth-order valence-electron chi connectivity index (χ4n) is 1.94. The average Bonchev–Trinajstić information content (AvgIpc) is 2.64. The van der Waals surface area contributed by atoms with Crippen LogP contribution < -0.4 is 10.6 Å². The van der Waals surface area contributed by atoms with Crippen LogP contribution in [-0.2, 0) is 6.54 Å². The number of hydrogen-bond donors (Lipinski definition) is 2. The summed E-state index contributed by atoms with van der Waals surface area (Å²) in [5, 5.41) is 7.76. The summed E-state index contributed by atoms with van der Waals surface area (Å²) in [4.78, 5) is 0. The molecule has 0 spiro atoms. The van der Waals surface area contributed by atoms with Crippen molar-refractivity contribution in [2.45, 2.75) is 25.4 Å². The van der Waals surface area contributed by atoms with Gasteiger partial charge in [0.1, 0.15) is 0 Å². The van der Waals surface area contributed by atoms with Gasteiger partial charge >= 0.3 is 0 Å². The average molecular weight is 304 g/mol. The lowest BCUT2D eigenvalue weighted by atomic mass is 10.0. The van der Waals surface area contributed by atoms with Crippen molar-refractivity contribution in [3.05, 3.63) is 33.3 Å². The van der Waals surface area contributed by atoms with Crippen molar-refractivity contribution in [3.63, 3.8) is 0 Å². The largest absolute Gasteiger partial charge is 0.315 e. The summed E-state index contributed by atoms with van der Waals surface area (Å²) >= 11 is 9.58. The molecule has 1 aromatic rings. The van der Waals surface area contributed by atoms with E-state index in [-0.39, 0.29) is 5.54 Å². The molecule has 1 aliphatic rings. The lowest BCUT2D eigenvalue weighted by Crippen LogP contribution is -2.43. The van der Waals surface area contributed by atoms with Crippen molar-refractivity contribution >= 4 is 27.5 Å². The summed E-state index contributed by atoms with van der Waals surface area (Å²) < 4.78 is 1.02. The van der Waals surface area contributed by atoms with Crippen LogP contribution in [0.2, 0.25) is 5.02 Å². The number of nitrogens with one attached hydrogen (secondary N) is 2. The predicted molar refractivity (Wildman–Crippen MR) is 71.9 cm³/mol. The second kappa shape index (κ2) is 5.05. The van der Waals surface area contributed by atoms with Crippen LogP contribution in [0.1, 0.15) is 18.9 Å². The Bertz CT molecular complexity index is 375. The lowest BCUT2D eigenvalue weighted by molar-refractivity contribution is 0.386. The molecule has 4 heteroatoms. The zero-order valence-electron chi connectivity index (χ0n) is 9.32. The molecule has 16 heavy (non-hydrogen) atoms. The van der Waals surface area contributed by atoms with Crippen molar-refractivity contribution in [3.8, 4) is 0 Å². The molecule has 1 saturated heterocycles. The summed E-state index contributed by atoms with van der Waals surface area (Å²) in [6.07, 6.45) is 1.17. The first-order valence-corrected chi connectivity index (χ1v) is 6.66. The van der Waals surface area contributed by atoms with Gasteiger partial charge in [-0.1, -0.05) is 33.6 Å². The van der Waals surface area contributed by atoms with Gasteiger partial charge in [0.05, 0.1) is 0 Å². The topological polar surface area (TPSA) is 24.1 Å². The standard InChI is InChI=1S/C12H16BrClN2/c1-12(4-5-15-8-12)16-7-9-2-3-10(13)6-11(9)14/h2-3,6,15-16H,4-5,7-8H2,1H3. The summed E-state index contributed by atoms with van der Waals surface area (Å²) in [6.45, 7) is 5.20. The summed E-state index contributed by atoms with van der Waals surface area (Å²) in [5.74, 6) is 0. The summed E-state index contributed by atoms with van der Waals surface area (Å²) in [7, 11) is 0. The Morgan fingerprint density at radius 1 is 1.56 bits per heavy atom. The van der Waals surface area contributed by atoms with Crippen LogP contribution in [0.15, 0.2) is 22.7 Å². The van der Waals surface area contributed by atoms with Gasteiger partial charge in [-0.2, -0.15) is 0 Å². The van der Waals surface area contributed by atoms with Crippen LogP contribution in [0.3, 0.4) is 0 Å². The quantitative estimate of drug-likeness (QED) is 0.897. The van der Waals surface area contributed by atoms with E-state index in [0.29, 0.717) is 0 Å². The minimum Gasteiger partial charge on any atom is -0.315 e. The van der Waals surface area contributed by atoms with Crippen molar-refractivity contribution < 1.29 is 0 Å². The molecular formula is C12H16BrClN2. The van der Waals surface area contributed by atoms with E-state index >= 15 is 0 Å². The number of benzene rings is 1. The zero-order valence-corrected chi connectivity index (χ0v) is 11.7. The van der Waals surface area contributed by atoms with Gasteiger partial charge < -0.3 is 10.6 Å². The molecular weight excluding hydrogens is 288 g/mol. The van der Waals surface area contributed by atoms with Gasteiger partial charge in [0, 0.05) is 28.1 Å². The van der Waals surface area contributed by atoms with E-state index in [1.54, 1.807) is 0 Å². The fraction of sp³-hybridized carbons (Fsp3) is 0.500. The molecule has 0 aliphatic carbocycles. The fourth-order valence-corrected chi connectivity index (χ4v) is 2.68. The Morgan fingerprint density at radius 3 is 3.00 bits per heavy atom. The number of halogens is 2. The van der Waals surface area contributed by atoms with Crippen molar-refractivity contribution in [1.82, 2.24) is 10.6 Å². The van der Waals surface area contributed by atoms with E-state index in [4.69, 9.17) is 11.6 Å². The van der Waals surface area contributed by atoms with Crippen LogP contribution in [0.5, 0.6) is 0 Å². The molecule has 0 bridgehead atoms. The highest BCUT2D eigenvalue weighted by molar-refractivity contribution is 9.10. The molecule has 1 heterocycles. The van der Waals surface area contributed by atoms with Crippen LogP contribution in [0, 0.1) is 0 Å². The third kappa shape index (κ3) is 2.98. The van der Waals surface area contributed by atoms with Gasteiger partial charge in [0.15, 0.2) is 0 Å². The SMILES string of the molecule is CC1(NCc2ccc(Br)cc2Cl)CCNC1. The maximum Gasteiger partial charge on any atom is 0.0462 e. The van der Waals surface area contributed by atoms with E-state index < -0.39 is 0 Å². The second-order valence-corrected chi connectivity index (χ2v) is 5.90. The second-order valence-electron chi connectivity index (χ2n) is 4.58. The maximum absolute atomic E-state index is 6.17. The first-order valence-electron chi connectivity index (χ1n) is 5.49. The zero-order chi connectivity index (χ0) is 11.6. The maximum atomic E-state index is 6.17. The molecule has 88 valence electrons. The highest BCUT2D eigenvalue weighted by Gasteiger charge is 2.27. The van der Waals surface area contributed by atoms with E-state index in [1.165, 1.54) is 6.42 Å². The van der Waals surface area contributed by atoms with Gasteiger partial charge in [0.25, 0.3) is 0 Å². The van der Waals surface area contributed by atoms with Crippen LogP contribution >= 0.6 is 27.5 Å². The van der Waals surface area contributed by atoms with Gasteiger partial charge in [-0.15, -0.1) is 0 Å². The smallest absolute Gasteiger partial charge is 0.0462 e. The number of hydrogen-bond acceptors (Lipinski definition) is 2. The highest BCUT2D eigenvalue weighted by atomic mass is 79.9. The first-order chi connectivity index (χ1) is 7.59. The summed E-state index contributed by atoms with van der Waals surface area (Å²) in [6, 6.07) is 6.02. The van der Waals surface area contributed by atoms with Crippen molar-refractivity contribution in [2.24, 2.45) is 0 Å². The van der Waals surface area contributed by atoms with Crippen molar-refractivity contribution in [1.29, 1.82) is 0 Å². The Kier molecular flexibility index (Phi) is 3.90. The summed E-state index contributed by atoms with van der Waals surface area (Å²) in [5.41, 5.74) is 1.36. The van der Waals surface area contributed by atoms with Crippen LogP contribution in [-0.4, -0.2) is 18.6 Å². The van der Waals surface area contributed by atoms with E-state index in [2.05, 4.69) is 39.6 Å². The van der Waals surface area contributed by atoms with Gasteiger partial charge in [0.2, 0.25) is 0 Å². The Labute approximate surface area is 110 Å². The Morgan fingerprint density at radius 2 is 2.38 bits per heavy atom. The molecule has 2 nitrogen and oxygen atoms in total. The van der Waals surface area contributed by atoms with Gasteiger partial charge in [-0.05, 0) is 37.6 Å². The van der Waals surface area contributed by atoms with Gasteiger partial charge in [-0.25, -0.2) is 0 Å². The molecule has 0 radical (unpaired) electrons. The molecule has 1 aliphatic heterocycles. The molecule has 1 fully saturated rings. The Balaban J connectivity index is 1.99. The molecule has 1 unspecified atom stereocenters. The van der Waals surface area contributed by atoms with E-state index in [1.807, 2.05) is 12.1 Å². The Hall–Kier alpha value is -0.0900. The highest BCUT2D eigenvalue weighted by Crippen LogP contribution is 2.22. The molecule has 0 aromatic heterocycles. The molecule has 0 saturated carbocycles. The minimum atomic E-state index is 0.205. The first kappa shape index (κ1) is 12.4. The third-order valence-corrected chi connectivity index (χ3v) is 3.93. The lowest BCUT2D eigenvalue weighted by Gasteiger charge is -2.24.